The number of quaternary nitrogens is 1. The van der Waals surface area contributed by atoms with E-state index in [2.05, 4.69) is 18.2 Å². The Labute approximate surface area is 98.9 Å². The van der Waals surface area contributed by atoms with E-state index >= 15 is 0 Å². The average Bonchev–Trinajstić information content (AvgIpc) is 2.63. The smallest absolute Gasteiger partial charge is 0.217 e. The second-order valence-corrected chi connectivity index (χ2v) is 5.58. The number of nitrogens with zero attached hydrogens (tertiary/aromatic N) is 1. The average molecular weight is 253 g/mol. The summed E-state index contributed by atoms with van der Waals surface area (Å²) >= 11 is 0. The second kappa shape index (κ2) is 7.21. The van der Waals surface area contributed by atoms with Crippen molar-refractivity contribution in [1.29, 1.82) is 0 Å². The van der Waals surface area contributed by atoms with Gasteiger partial charge in [0.05, 0.1) is 33.8 Å². The molecule has 1 aliphatic rings. The maximum atomic E-state index is 9.22. The van der Waals surface area contributed by atoms with Crippen LogP contribution in [0.1, 0.15) is 32.6 Å². The summed E-state index contributed by atoms with van der Waals surface area (Å²) in [7, 11) is -1.20. The van der Waals surface area contributed by atoms with E-state index in [1.54, 1.807) is 0 Å². The molecule has 1 aliphatic heterocycles. The normalized spacial score (nSPS) is 19.0. The highest BCUT2D eigenvalue weighted by atomic mass is 32.3. The van der Waals surface area contributed by atoms with E-state index in [-0.39, 0.29) is 0 Å². The zero-order valence-electron chi connectivity index (χ0n) is 10.4. The van der Waals surface area contributed by atoms with E-state index in [0.29, 0.717) is 0 Å². The molecule has 0 aromatic rings. The third-order valence-corrected chi connectivity index (χ3v) is 3.31. The summed E-state index contributed by atoms with van der Waals surface area (Å²) in [6.45, 7) is 6.55. The van der Waals surface area contributed by atoms with Crippen LogP contribution in [0.3, 0.4) is 0 Å². The van der Waals surface area contributed by atoms with Crippen molar-refractivity contribution >= 4 is 10.4 Å². The van der Waals surface area contributed by atoms with E-state index < -0.39 is 10.4 Å². The van der Waals surface area contributed by atoms with Crippen LogP contribution < -0.4 is 0 Å². The van der Waals surface area contributed by atoms with Gasteiger partial charge in [-0.3, -0.25) is 4.18 Å². The molecular weight excluding hydrogens is 230 g/mol. The molecule has 1 heterocycles. The predicted molar refractivity (Wildman–Crippen MR) is 61.6 cm³/mol. The molecule has 0 amide bonds. The lowest BCUT2D eigenvalue weighted by molar-refractivity contribution is -0.897. The van der Waals surface area contributed by atoms with Gasteiger partial charge in [0, 0.05) is 12.8 Å². The molecule has 0 aromatic carbocycles. The van der Waals surface area contributed by atoms with Gasteiger partial charge in [0.15, 0.2) is 0 Å². The maximum absolute atomic E-state index is 9.22. The first kappa shape index (κ1) is 15.8. The Balaban J connectivity index is 0.000000325. The maximum Gasteiger partial charge on any atom is 0.217 e. The molecule has 5 nitrogen and oxygen atoms in total. The molecule has 0 atom stereocenters. The van der Waals surface area contributed by atoms with Crippen molar-refractivity contribution in [2.45, 2.75) is 32.6 Å². The van der Waals surface area contributed by atoms with Crippen molar-refractivity contribution in [3.8, 4) is 0 Å². The van der Waals surface area contributed by atoms with Gasteiger partial charge in [0.1, 0.15) is 0 Å². The third kappa shape index (κ3) is 8.04. The van der Waals surface area contributed by atoms with Gasteiger partial charge < -0.3 is 9.04 Å². The Morgan fingerprint density at radius 2 is 1.75 bits per heavy atom. The zero-order chi connectivity index (χ0) is 12.7. The van der Waals surface area contributed by atoms with E-state index in [1.165, 1.54) is 49.8 Å². The molecule has 0 aromatic heterocycles. The van der Waals surface area contributed by atoms with Crippen LogP contribution in [0, 0.1) is 0 Å². The molecule has 0 aliphatic carbocycles. The van der Waals surface area contributed by atoms with Crippen LogP contribution in [0.5, 0.6) is 0 Å². The van der Waals surface area contributed by atoms with Crippen molar-refractivity contribution in [2.24, 2.45) is 0 Å². The lowest BCUT2D eigenvalue weighted by atomic mass is 10.3. The molecule has 0 bridgehead atoms. The Morgan fingerprint density at radius 3 is 2.06 bits per heavy atom. The topological polar surface area (TPSA) is 66.4 Å². The molecule has 0 N–H and O–H groups in total. The lowest BCUT2D eigenvalue weighted by Gasteiger charge is -2.28. The van der Waals surface area contributed by atoms with Gasteiger partial charge in [0.2, 0.25) is 10.4 Å². The fourth-order valence-corrected chi connectivity index (χ4v) is 1.86. The highest BCUT2D eigenvalue weighted by Crippen LogP contribution is 2.16. The largest absolute Gasteiger partial charge is 0.726 e. The third-order valence-electron chi connectivity index (χ3n) is 2.90. The summed E-state index contributed by atoms with van der Waals surface area (Å²) in [4.78, 5) is 0. The summed E-state index contributed by atoms with van der Waals surface area (Å²) in [6, 6.07) is 0. The summed E-state index contributed by atoms with van der Waals surface area (Å²) < 4.78 is 32.4. The van der Waals surface area contributed by atoms with Crippen molar-refractivity contribution in [3.63, 3.8) is 0 Å². The summed E-state index contributed by atoms with van der Waals surface area (Å²) in [6.07, 6.45) is 5.69. The Hall–Kier alpha value is -0.170. The first-order valence-corrected chi connectivity index (χ1v) is 7.01. The van der Waals surface area contributed by atoms with Crippen molar-refractivity contribution in [2.75, 3.05) is 33.8 Å². The van der Waals surface area contributed by atoms with Gasteiger partial charge >= 0.3 is 0 Å². The minimum absolute atomic E-state index is 0.808. The van der Waals surface area contributed by atoms with Crippen LogP contribution >= 0.6 is 0 Å². The molecule has 0 spiro atoms. The first-order valence-electron chi connectivity index (χ1n) is 5.68. The van der Waals surface area contributed by atoms with Crippen LogP contribution in [0.4, 0.5) is 0 Å². The monoisotopic (exact) mass is 253 g/mol. The Bertz CT molecular complexity index is 271. The summed E-state index contributed by atoms with van der Waals surface area (Å²) in [5, 5.41) is 0. The first-order chi connectivity index (χ1) is 7.33. The molecule has 98 valence electrons. The van der Waals surface area contributed by atoms with E-state index in [0.717, 1.165) is 7.11 Å². The number of hydrogen-bond acceptors (Lipinski definition) is 4. The van der Waals surface area contributed by atoms with Gasteiger partial charge in [-0.25, -0.2) is 8.42 Å². The van der Waals surface area contributed by atoms with Crippen LogP contribution in [0.15, 0.2) is 0 Å². The van der Waals surface area contributed by atoms with E-state index in [9.17, 15) is 13.0 Å². The van der Waals surface area contributed by atoms with Gasteiger partial charge in [-0.1, -0.05) is 13.3 Å². The highest BCUT2D eigenvalue weighted by molar-refractivity contribution is 7.80. The molecule has 0 saturated carbocycles. The molecule has 1 saturated heterocycles. The van der Waals surface area contributed by atoms with E-state index in [4.69, 9.17) is 0 Å². The van der Waals surface area contributed by atoms with Crippen molar-refractivity contribution in [3.05, 3.63) is 0 Å². The molecular formula is C10H23NO4S. The second-order valence-electron chi connectivity index (χ2n) is 4.43. The zero-order valence-corrected chi connectivity index (χ0v) is 11.3. The van der Waals surface area contributed by atoms with Crippen molar-refractivity contribution in [1.82, 2.24) is 0 Å². The lowest BCUT2D eigenvalue weighted by Crippen LogP contribution is -2.41. The van der Waals surface area contributed by atoms with Gasteiger partial charge in [0.25, 0.3) is 0 Å². The van der Waals surface area contributed by atoms with Crippen molar-refractivity contribution < 1.29 is 21.6 Å². The summed E-state index contributed by atoms with van der Waals surface area (Å²) in [5.41, 5.74) is 0. The molecule has 1 fully saturated rings. The number of unbranched alkanes of at least 4 members (excludes halogenated alkanes) is 1. The Morgan fingerprint density at radius 1 is 1.31 bits per heavy atom. The quantitative estimate of drug-likeness (QED) is 0.428. The fourth-order valence-electron chi connectivity index (χ4n) is 1.86. The van der Waals surface area contributed by atoms with E-state index in [1.807, 2.05) is 0 Å². The number of likely N-dealkylation sites (tertiary alicyclic amines) is 1. The SMILES string of the molecule is CCCC[N+]1(C)CCCC1.COS(=O)(=O)[O-]. The number of rotatable bonds is 4. The predicted octanol–water partition coefficient (Wildman–Crippen LogP) is 1.12. The van der Waals surface area contributed by atoms with Gasteiger partial charge in [-0.05, 0) is 6.42 Å². The Kier molecular flexibility index (Phi) is 7.14. The molecule has 0 radical (unpaired) electrons. The van der Waals surface area contributed by atoms with Gasteiger partial charge in [-0.15, -0.1) is 0 Å². The standard InChI is InChI=1S/C9H20N.CH4O4S/c1-3-4-7-10(2)8-5-6-9-10;1-5-6(2,3)4/h3-9H2,1-2H3;1H3,(H,2,3,4)/q+1;/p-1. The molecule has 0 unspecified atom stereocenters. The molecule has 16 heavy (non-hydrogen) atoms. The van der Waals surface area contributed by atoms with Crippen LogP contribution in [-0.2, 0) is 14.6 Å². The van der Waals surface area contributed by atoms with Crippen LogP contribution in [0.2, 0.25) is 0 Å². The van der Waals surface area contributed by atoms with Gasteiger partial charge in [-0.2, -0.15) is 0 Å². The number of hydrogen-bond donors (Lipinski definition) is 0. The fraction of sp³-hybridized carbons (Fsp3) is 1.00. The molecule has 6 heteroatoms. The minimum atomic E-state index is -4.41. The molecule has 1 rings (SSSR count). The van der Waals surface area contributed by atoms with Crippen LogP contribution in [-0.4, -0.2) is 51.2 Å². The minimum Gasteiger partial charge on any atom is -0.726 e. The highest BCUT2D eigenvalue weighted by Gasteiger charge is 2.25. The summed E-state index contributed by atoms with van der Waals surface area (Å²) in [5.74, 6) is 0. The van der Waals surface area contributed by atoms with Crippen LogP contribution in [0.25, 0.3) is 0 Å².